The standard InChI is InChI=1S/C16H15N3O/c1-10-4-7-14-17-15(16(18-20)19(14)9-10)13-6-5-11(2)12(3)8-13/h4-9H,1-3H3. The van der Waals surface area contributed by atoms with Crippen molar-refractivity contribution >= 4 is 11.5 Å². The highest BCUT2D eigenvalue weighted by Crippen LogP contribution is 2.32. The summed E-state index contributed by atoms with van der Waals surface area (Å²) in [6, 6.07) is 9.93. The van der Waals surface area contributed by atoms with Crippen molar-refractivity contribution in [3.63, 3.8) is 0 Å². The largest absolute Gasteiger partial charge is 0.281 e. The second-order valence-electron chi connectivity index (χ2n) is 5.11. The third-order valence-electron chi connectivity index (χ3n) is 3.61. The first-order valence-electron chi connectivity index (χ1n) is 6.50. The van der Waals surface area contributed by atoms with Crippen molar-refractivity contribution in [3.8, 4) is 11.3 Å². The van der Waals surface area contributed by atoms with Crippen molar-refractivity contribution < 1.29 is 0 Å². The molecule has 3 aromatic rings. The highest BCUT2D eigenvalue weighted by molar-refractivity contribution is 5.75. The molecule has 0 aliphatic rings. The number of imidazole rings is 1. The van der Waals surface area contributed by atoms with Gasteiger partial charge in [-0.25, -0.2) is 4.98 Å². The number of fused-ring (bicyclic) bond motifs is 1. The van der Waals surface area contributed by atoms with Gasteiger partial charge < -0.3 is 0 Å². The quantitative estimate of drug-likeness (QED) is 0.647. The van der Waals surface area contributed by atoms with Gasteiger partial charge in [0, 0.05) is 11.8 Å². The van der Waals surface area contributed by atoms with Gasteiger partial charge in [0.1, 0.15) is 11.3 Å². The summed E-state index contributed by atoms with van der Waals surface area (Å²) in [7, 11) is 0. The van der Waals surface area contributed by atoms with Gasteiger partial charge in [0.05, 0.1) is 0 Å². The van der Waals surface area contributed by atoms with E-state index in [4.69, 9.17) is 0 Å². The van der Waals surface area contributed by atoms with E-state index >= 15 is 0 Å². The van der Waals surface area contributed by atoms with Crippen LogP contribution in [0.15, 0.2) is 41.7 Å². The summed E-state index contributed by atoms with van der Waals surface area (Å²) in [6.07, 6.45) is 1.88. The maximum atomic E-state index is 11.2. The minimum atomic E-state index is 0.354. The predicted molar refractivity (Wildman–Crippen MR) is 80.3 cm³/mol. The number of aromatic nitrogens is 2. The highest BCUT2D eigenvalue weighted by atomic mass is 16.3. The maximum Gasteiger partial charge on any atom is 0.209 e. The lowest BCUT2D eigenvalue weighted by Gasteiger charge is -2.03. The van der Waals surface area contributed by atoms with E-state index in [1.54, 1.807) is 4.40 Å². The molecule has 3 rings (SSSR count). The number of nitroso groups, excluding NO2 is 1. The van der Waals surface area contributed by atoms with Crippen molar-refractivity contribution in [2.75, 3.05) is 0 Å². The molecule has 2 heterocycles. The average Bonchev–Trinajstić information content (AvgIpc) is 2.79. The van der Waals surface area contributed by atoms with Gasteiger partial charge >= 0.3 is 0 Å². The molecule has 100 valence electrons. The minimum Gasteiger partial charge on any atom is -0.281 e. The fraction of sp³-hybridized carbons (Fsp3) is 0.188. The molecule has 0 saturated heterocycles. The first kappa shape index (κ1) is 12.5. The average molecular weight is 265 g/mol. The Hall–Kier alpha value is -2.49. The third kappa shape index (κ3) is 1.90. The Balaban J connectivity index is 2.30. The van der Waals surface area contributed by atoms with E-state index in [1.807, 2.05) is 50.4 Å². The van der Waals surface area contributed by atoms with E-state index < -0.39 is 0 Å². The first-order chi connectivity index (χ1) is 9.60. The van der Waals surface area contributed by atoms with Gasteiger partial charge in [-0.3, -0.25) is 4.40 Å². The molecule has 0 unspecified atom stereocenters. The van der Waals surface area contributed by atoms with Crippen molar-refractivity contribution in [2.45, 2.75) is 20.8 Å². The molecule has 0 amide bonds. The van der Waals surface area contributed by atoms with Crippen molar-refractivity contribution in [3.05, 3.63) is 58.1 Å². The Morgan fingerprint density at radius 3 is 2.55 bits per heavy atom. The van der Waals surface area contributed by atoms with Crippen molar-refractivity contribution in [1.82, 2.24) is 9.38 Å². The normalized spacial score (nSPS) is 10.9. The Labute approximate surface area is 117 Å². The van der Waals surface area contributed by atoms with E-state index in [1.165, 1.54) is 11.1 Å². The summed E-state index contributed by atoms with van der Waals surface area (Å²) < 4.78 is 1.74. The topological polar surface area (TPSA) is 46.7 Å². The molecular weight excluding hydrogens is 250 g/mol. The summed E-state index contributed by atoms with van der Waals surface area (Å²) in [6.45, 7) is 6.08. The highest BCUT2D eigenvalue weighted by Gasteiger charge is 2.15. The molecule has 0 fully saturated rings. The number of hydrogen-bond acceptors (Lipinski definition) is 3. The molecule has 4 nitrogen and oxygen atoms in total. The molecule has 0 aliphatic heterocycles. The van der Waals surface area contributed by atoms with Gasteiger partial charge in [0.25, 0.3) is 0 Å². The Morgan fingerprint density at radius 2 is 1.85 bits per heavy atom. The molecule has 4 heteroatoms. The smallest absolute Gasteiger partial charge is 0.209 e. The molecule has 0 bridgehead atoms. The molecular formula is C16H15N3O. The van der Waals surface area contributed by atoms with E-state index in [2.05, 4.69) is 17.1 Å². The summed E-state index contributed by atoms with van der Waals surface area (Å²) in [4.78, 5) is 15.8. The Bertz CT molecular complexity index is 818. The lowest BCUT2D eigenvalue weighted by atomic mass is 10.0. The Morgan fingerprint density at radius 1 is 1.05 bits per heavy atom. The molecule has 20 heavy (non-hydrogen) atoms. The van der Waals surface area contributed by atoms with Gasteiger partial charge in [-0.05, 0) is 54.8 Å². The van der Waals surface area contributed by atoms with Crippen LogP contribution >= 0.6 is 0 Å². The number of aryl methyl sites for hydroxylation is 3. The van der Waals surface area contributed by atoms with Crippen LogP contribution in [0.3, 0.4) is 0 Å². The maximum absolute atomic E-state index is 11.2. The lowest BCUT2D eigenvalue weighted by Crippen LogP contribution is -1.85. The number of benzene rings is 1. The number of hydrogen-bond donors (Lipinski definition) is 0. The summed E-state index contributed by atoms with van der Waals surface area (Å²) in [5.41, 5.74) is 5.74. The first-order valence-corrected chi connectivity index (χ1v) is 6.50. The molecule has 0 atom stereocenters. The molecule has 1 aromatic carbocycles. The zero-order valence-corrected chi connectivity index (χ0v) is 11.7. The molecule has 2 aromatic heterocycles. The van der Waals surface area contributed by atoms with Crippen LogP contribution in [0.1, 0.15) is 16.7 Å². The van der Waals surface area contributed by atoms with Crippen LogP contribution < -0.4 is 0 Å². The second-order valence-corrected chi connectivity index (χ2v) is 5.11. The van der Waals surface area contributed by atoms with Crippen molar-refractivity contribution in [2.24, 2.45) is 5.18 Å². The van der Waals surface area contributed by atoms with Gasteiger partial charge in [0.15, 0.2) is 0 Å². The van der Waals surface area contributed by atoms with Crippen LogP contribution in [0.5, 0.6) is 0 Å². The van der Waals surface area contributed by atoms with Crippen LogP contribution in [0.2, 0.25) is 0 Å². The predicted octanol–water partition coefficient (Wildman–Crippen LogP) is 4.32. The summed E-state index contributed by atoms with van der Waals surface area (Å²) >= 11 is 0. The second kappa shape index (κ2) is 4.56. The zero-order chi connectivity index (χ0) is 14.3. The van der Waals surface area contributed by atoms with E-state index in [9.17, 15) is 4.91 Å². The fourth-order valence-corrected chi connectivity index (χ4v) is 2.31. The number of pyridine rings is 1. The van der Waals surface area contributed by atoms with E-state index in [0.29, 0.717) is 11.5 Å². The molecule has 0 spiro atoms. The summed E-state index contributed by atoms with van der Waals surface area (Å²) in [5.74, 6) is 0.354. The van der Waals surface area contributed by atoms with E-state index in [0.717, 1.165) is 16.8 Å². The third-order valence-corrected chi connectivity index (χ3v) is 3.61. The molecule has 0 saturated carbocycles. The van der Waals surface area contributed by atoms with Crippen LogP contribution in [0.4, 0.5) is 5.82 Å². The fourth-order valence-electron chi connectivity index (χ4n) is 2.31. The van der Waals surface area contributed by atoms with Crippen LogP contribution in [-0.4, -0.2) is 9.38 Å². The van der Waals surface area contributed by atoms with Gasteiger partial charge in [-0.1, -0.05) is 18.2 Å². The summed E-state index contributed by atoms with van der Waals surface area (Å²) in [5, 5.41) is 3.18. The molecule has 0 N–H and O–H groups in total. The minimum absolute atomic E-state index is 0.354. The van der Waals surface area contributed by atoms with Crippen LogP contribution in [0.25, 0.3) is 16.9 Å². The monoisotopic (exact) mass is 265 g/mol. The van der Waals surface area contributed by atoms with Crippen LogP contribution in [-0.2, 0) is 0 Å². The molecule has 0 aliphatic carbocycles. The number of rotatable bonds is 2. The van der Waals surface area contributed by atoms with Gasteiger partial charge in [-0.15, -0.1) is 4.91 Å². The van der Waals surface area contributed by atoms with Crippen molar-refractivity contribution in [1.29, 1.82) is 0 Å². The van der Waals surface area contributed by atoms with Crippen LogP contribution in [0, 0.1) is 25.7 Å². The Kier molecular flexibility index (Phi) is 2.86. The number of nitrogens with zero attached hydrogens (tertiary/aromatic N) is 3. The zero-order valence-electron chi connectivity index (χ0n) is 11.7. The van der Waals surface area contributed by atoms with Gasteiger partial charge in [0.2, 0.25) is 5.82 Å². The van der Waals surface area contributed by atoms with E-state index in [-0.39, 0.29) is 0 Å². The molecule has 0 radical (unpaired) electrons. The lowest BCUT2D eigenvalue weighted by molar-refractivity contribution is 1.14. The SMILES string of the molecule is Cc1ccc2nc(-c3ccc(C)c(C)c3)c(N=O)n2c1. The van der Waals surface area contributed by atoms with Gasteiger partial charge in [-0.2, -0.15) is 0 Å².